The lowest BCUT2D eigenvalue weighted by atomic mass is 9.49. The lowest BCUT2D eigenvalue weighted by Crippen LogP contribution is -2.55. The van der Waals surface area contributed by atoms with E-state index in [9.17, 15) is 5.11 Å². The van der Waals surface area contributed by atoms with E-state index in [4.69, 9.17) is 4.99 Å². The summed E-state index contributed by atoms with van der Waals surface area (Å²) in [6.07, 6.45) is 5.90. The minimum absolute atomic E-state index is 0.0559. The second kappa shape index (κ2) is 8.51. The van der Waals surface area contributed by atoms with E-state index in [1.54, 1.807) is 0 Å². The molecule has 3 aliphatic carbocycles. The molecule has 0 radical (unpaired) electrons. The predicted octanol–water partition coefficient (Wildman–Crippen LogP) is 7.40. The number of hydrogen-bond acceptors (Lipinski definition) is 2. The van der Waals surface area contributed by atoms with Gasteiger partial charge in [0.05, 0.1) is 11.6 Å². The molecule has 0 heterocycles. The van der Waals surface area contributed by atoms with Gasteiger partial charge in [0.2, 0.25) is 5.96 Å². The number of nitrogens with zero attached hydrogens (tertiary/aromatic N) is 1. The number of aliphatic imine (C=N–C) groups is 1. The lowest BCUT2D eigenvalue weighted by Gasteiger charge is -2.58. The number of benzene rings is 2. The molecule has 35 heavy (non-hydrogen) atoms. The van der Waals surface area contributed by atoms with Crippen molar-refractivity contribution in [2.24, 2.45) is 21.2 Å². The molecule has 0 amide bonds. The van der Waals surface area contributed by atoms with Crippen LogP contribution in [-0.2, 0) is 0 Å². The Kier molecular flexibility index (Phi) is 5.87. The molecule has 4 heteroatoms. The number of anilines is 2. The van der Waals surface area contributed by atoms with Gasteiger partial charge in [0, 0.05) is 11.4 Å². The highest BCUT2D eigenvalue weighted by Gasteiger charge is 2.57. The number of aliphatic hydroxyl groups is 1. The summed E-state index contributed by atoms with van der Waals surface area (Å²) in [7, 11) is 0. The molecule has 4 nitrogen and oxygen atoms in total. The quantitative estimate of drug-likeness (QED) is 0.248. The van der Waals surface area contributed by atoms with Gasteiger partial charge >= 0.3 is 0 Å². The summed E-state index contributed by atoms with van der Waals surface area (Å²) < 4.78 is 0. The lowest BCUT2D eigenvalue weighted by molar-refractivity contribution is -0.0847. The molecule has 2 bridgehead atoms. The number of fused-ring (bicyclic) bond motifs is 3. The van der Waals surface area contributed by atoms with E-state index >= 15 is 0 Å². The van der Waals surface area contributed by atoms with Gasteiger partial charge in [-0.25, -0.2) is 4.99 Å². The molecule has 3 N–H and O–H groups in total. The number of guanidine groups is 1. The van der Waals surface area contributed by atoms with Gasteiger partial charge in [-0.15, -0.1) is 0 Å². The number of hydrogen-bond donors (Lipinski definition) is 3. The number of allylic oxidation sites excluding steroid dienone is 1. The summed E-state index contributed by atoms with van der Waals surface area (Å²) in [4.78, 5) is 5.35. The van der Waals surface area contributed by atoms with Crippen LogP contribution in [0, 0.1) is 16.2 Å². The summed E-state index contributed by atoms with van der Waals surface area (Å²) in [6, 6.07) is 20.3. The Labute approximate surface area is 211 Å². The van der Waals surface area contributed by atoms with Crippen molar-refractivity contribution < 1.29 is 5.11 Å². The minimum Gasteiger partial charge on any atom is -0.385 e. The Hall–Kier alpha value is -2.59. The molecule has 3 aliphatic rings. The summed E-state index contributed by atoms with van der Waals surface area (Å²) >= 11 is 0. The predicted molar refractivity (Wildman–Crippen MR) is 147 cm³/mol. The first kappa shape index (κ1) is 24.1. The van der Waals surface area contributed by atoms with E-state index in [0.29, 0.717) is 0 Å². The molecule has 0 saturated heterocycles. The monoisotopic (exact) mass is 471 g/mol. The van der Waals surface area contributed by atoms with E-state index in [-0.39, 0.29) is 22.3 Å². The highest BCUT2D eigenvalue weighted by Crippen LogP contribution is 2.62. The first-order chi connectivity index (χ1) is 16.4. The Morgan fingerprint density at radius 1 is 0.771 bits per heavy atom. The van der Waals surface area contributed by atoms with Crippen molar-refractivity contribution in [2.45, 2.75) is 84.8 Å². The molecule has 2 aromatic carbocycles. The maximum atomic E-state index is 12.3. The fourth-order valence-corrected chi connectivity index (χ4v) is 7.75. The van der Waals surface area contributed by atoms with Crippen molar-refractivity contribution in [3.63, 3.8) is 0 Å². The van der Waals surface area contributed by atoms with Crippen molar-refractivity contribution >= 4 is 17.3 Å². The average Bonchev–Trinajstić information content (AvgIpc) is 2.71. The molecule has 0 aliphatic heterocycles. The van der Waals surface area contributed by atoms with Gasteiger partial charge in [-0.3, -0.25) is 0 Å². The third kappa shape index (κ3) is 5.18. The first-order valence-electron chi connectivity index (χ1n) is 13.1. The zero-order valence-electron chi connectivity index (χ0n) is 22.0. The zero-order chi connectivity index (χ0) is 24.9. The maximum absolute atomic E-state index is 12.3. The second-order valence-electron chi connectivity index (χ2n) is 13.3. The van der Waals surface area contributed by atoms with E-state index in [1.165, 1.54) is 17.6 Å². The summed E-state index contributed by atoms with van der Waals surface area (Å²) in [5.74, 6) is 0.726. The van der Waals surface area contributed by atoms with Crippen LogP contribution in [0.4, 0.5) is 11.4 Å². The summed E-state index contributed by atoms with van der Waals surface area (Å²) in [5, 5.41) is 19.3. The van der Waals surface area contributed by atoms with E-state index in [1.807, 2.05) is 36.4 Å². The standard InChI is InChI=1S/C31H41N3O/c1-28(2)16-22-17-30(5)19-29(3,4)20-31(35,21-30)26(22)25(18-28)34-27(32-23-12-8-6-9-13-23)33-24-14-10-7-11-15-24/h6-15,25,35H,16-21H2,1-5H3,(H2,32,33,34)/t25-,30+,31+/m1/s1. The molecule has 3 atom stereocenters. The summed E-state index contributed by atoms with van der Waals surface area (Å²) in [5.41, 5.74) is 4.30. The molecular weight excluding hydrogens is 430 g/mol. The third-order valence-corrected chi connectivity index (χ3v) is 8.05. The van der Waals surface area contributed by atoms with E-state index < -0.39 is 5.60 Å². The fourth-order valence-electron chi connectivity index (χ4n) is 7.75. The zero-order valence-corrected chi connectivity index (χ0v) is 22.0. The molecule has 0 unspecified atom stereocenters. The largest absolute Gasteiger partial charge is 0.385 e. The van der Waals surface area contributed by atoms with Crippen LogP contribution in [-0.4, -0.2) is 22.7 Å². The molecule has 1 fully saturated rings. The van der Waals surface area contributed by atoms with Crippen LogP contribution in [0.1, 0.15) is 73.1 Å². The van der Waals surface area contributed by atoms with Crippen molar-refractivity contribution in [3.05, 3.63) is 71.8 Å². The van der Waals surface area contributed by atoms with Crippen LogP contribution in [0.5, 0.6) is 0 Å². The smallest absolute Gasteiger partial charge is 0.200 e. The number of para-hydroxylation sites is 2. The Balaban J connectivity index is 1.58. The van der Waals surface area contributed by atoms with Crippen LogP contribution >= 0.6 is 0 Å². The molecule has 2 aromatic rings. The molecule has 0 spiro atoms. The van der Waals surface area contributed by atoms with E-state index in [2.05, 4.69) is 69.5 Å². The molecule has 0 aromatic heterocycles. The number of rotatable bonds is 3. The van der Waals surface area contributed by atoms with Crippen LogP contribution in [0.3, 0.4) is 0 Å². The third-order valence-electron chi connectivity index (χ3n) is 8.05. The van der Waals surface area contributed by atoms with Gasteiger partial charge < -0.3 is 15.7 Å². The Morgan fingerprint density at radius 2 is 1.34 bits per heavy atom. The molecule has 1 saturated carbocycles. The normalized spacial score (nSPS) is 30.7. The van der Waals surface area contributed by atoms with Gasteiger partial charge in [-0.2, -0.15) is 0 Å². The highest BCUT2D eigenvalue weighted by molar-refractivity contribution is 6.03. The van der Waals surface area contributed by atoms with Crippen molar-refractivity contribution in [1.29, 1.82) is 0 Å². The van der Waals surface area contributed by atoms with Crippen molar-refractivity contribution in [2.75, 3.05) is 10.6 Å². The summed E-state index contributed by atoms with van der Waals surface area (Å²) in [6.45, 7) is 11.8. The topological polar surface area (TPSA) is 56.7 Å². The average molecular weight is 472 g/mol. The van der Waals surface area contributed by atoms with Crippen LogP contribution < -0.4 is 10.6 Å². The second-order valence-corrected chi connectivity index (χ2v) is 13.3. The van der Waals surface area contributed by atoms with Gasteiger partial charge in [-0.05, 0) is 84.6 Å². The van der Waals surface area contributed by atoms with Gasteiger partial charge in [0.1, 0.15) is 0 Å². The van der Waals surface area contributed by atoms with E-state index in [0.717, 1.165) is 49.4 Å². The van der Waals surface area contributed by atoms with Crippen LogP contribution in [0.25, 0.3) is 0 Å². The van der Waals surface area contributed by atoms with Gasteiger partial charge in [0.25, 0.3) is 0 Å². The SMILES string of the molecule is CC1(C)CC2=C([C@H](N=C(Nc3ccccc3)Nc3ccccc3)C1)[C@]1(O)CC(C)(C)C[C@](C)(C2)C1. The molecular formula is C31H41N3O. The maximum Gasteiger partial charge on any atom is 0.200 e. The highest BCUT2D eigenvalue weighted by atomic mass is 16.3. The minimum atomic E-state index is -0.778. The molecule has 186 valence electrons. The van der Waals surface area contributed by atoms with Gasteiger partial charge in [-0.1, -0.05) is 76.6 Å². The van der Waals surface area contributed by atoms with Crippen LogP contribution in [0.15, 0.2) is 76.8 Å². The van der Waals surface area contributed by atoms with Crippen molar-refractivity contribution in [1.82, 2.24) is 0 Å². The molecule has 5 rings (SSSR count). The van der Waals surface area contributed by atoms with Gasteiger partial charge in [0.15, 0.2) is 0 Å². The Morgan fingerprint density at radius 3 is 1.91 bits per heavy atom. The fraction of sp³-hybridized carbons (Fsp3) is 0.516. The van der Waals surface area contributed by atoms with Crippen molar-refractivity contribution in [3.8, 4) is 0 Å². The first-order valence-corrected chi connectivity index (χ1v) is 13.1. The number of nitrogens with one attached hydrogen (secondary N) is 2. The van der Waals surface area contributed by atoms with Crippen LogP contribution in [0.2, 0.25) is 0 Å². The Bertz CT molecular complexity index is 1090.